The van der Waals surface area contributed by atoms with E-state index in [1.54, 1.807) is 30.3 Å². The molecule has 0 aliphatic carbocycles. The Morgan fingerprint density at radius 3 is 2.62 bits per heavy atom. The van der Waals surface area contributed by atoms with Crippen LogP contribution in [0.15, 0.2) is 59.4 Å². The molecule has 0 bridgehead atoms. The Bertz CT molecular complexity index is 1040. The number of H-pyrrole nitrogens is 1. The van der Waals surface area contributed by atoms with E-state index in [-0.39, 0.29) is 16.8 Å². The minimum Gasteiger partial charge on any atom is -0.322 e. The number of amides is 1. The maximum atomic E-state index is 12.5. The second kappa shape index (κ2) is 6.98. The molecule has 130 valence electrons. The molecule has 8 heteroatoms. The van der Waals surface area contributed by atoms with Crippen molar-refractivity contribution in [3.63, 3.8) is 0 Å². The van der Waals surface area contributed by atoms with Gasteiger partial charge in [-0.3, -0.25) is 19.7 Å². The molecule has 3 aromatic rings. The average Bonchev–Trinajstić information content (AvgIpc) is 2.62. The Morgan fingerprint density at radius 2 is 1.92 bits per heavy atom. The van der Waals surface area contributed by atoms with E-state index in [2.05, 4.69) is 15.5 Å². The molecule has 1 aromatic heterocycles. The monoisotopic (exact) mass is 350 g/mol. The number of carbonyl (C=O) groups is 1. The number of nitrogens with zero attached hydrogens (tertiary/aromatic N) is 2. The quantitative estimate of drug-likeness (QED) is 0.554. The highest BCUT2D eigenvalue weighted by atomic mass is 16.6. The van der Waals surface area contributed by atoms with Crippen LogP contribution in [-0.4, -0.2) is 21.0 Å². The van der Waals surface area contributed by atoms with Crippen LogP contribution in [0.3, 0.4) is 0 Å². The first-order chi connectivity index (χ1) is 12.5. The highest BCUT2D eigenvalue weighted by Gasteiger charge is 2.18. The molecule has 0 unspecified atom stereocenters. The summed E-state index contributed by atoms with van der Waals surface area (Å²) in [5.74, 6) is -0.447. The molecular weight excluding hydrogens is 336 g/mol. The van der Waals surface area contributed by atoms with Crippen LogP contribution < -0.4 is 10.9 Å². The van der Waals surface area contributed by atoms with Crippen LogP contribution in [-0.2, 0) is 0 Å². The summed E-state index contributed by atoms with van der Waals surface area (Å²) >= 11 is 0. The average molecular weight is 350 g/mol. The van der Waals surface area contributed by atoms with Crippen LogP contribution >= 0.6 is 0 Å². The minimum absolute atomic E-state index is 0.108. The van der Waals surface area contributed by atoms with Gasteiger partial charge < -0.3 is 5.32 Å². The van der Waals surface area contributed by atoms with E-state index in [4.69, 9.17) is 0 Å². The third-order valence-electron chi connectivity index (χ3n) is 3.84. The fourth-order valence-electron chi connectivity index (χ4n) is 2.53. The molecule has 2 N–H and O–H groups in total. The molecule has 3 rings (SSSR count). The Morgan fingerprint density at radius 1 is 1.15 bits per heavy atom. The van der Waals surface area contributed by atoms with Gasteiger partial charge in [0.05, 0.1) is 10.6 Å². The van der Waals surface area contributed by atoms with Crippen molar-refractivity contribution in [3.05, 3.63) is 86.2 Å². The van der Waals surface area contributed by atoms with Gasteiger partial charge in [-0.1, -0.05) is 18.2 Å². The van der Waals surface area contributed by atoms with Gasteiger partial charge in [0.2, 0.25) is 0 Å². The van der Waals surface area contributed by atoms with Gasteiger partial charge in [-0.25, -0.2) is 5.10 Å². The Labute approximate surface area is 147 Å². The van der Waals surface area contributed by atoms with Crippen molar-refractivity contribution < 1.29 is 9.72 Å². The van der Waals surface area contributed by atoms with Gasteiger partial charge in [-0.15, -0.1) is 0 Å². The van der Waals surface area contributed by atoms with E-state index in [1.165, 1.54) is 31.2 Å². The highest BCUT2D eigenvalue weighted by Crippen LogP contribution is 2.23. The second-order valence-electron chi connectivity index (χ2n) is 5.55. The lowest BCUT2D eigenvalue weighted by molar-refractivity contribution is -0.385. The van der Waals surface area contributed by atoms with E-state index < -0.39 is 10.8 Å². The van der Waals surface area contributed by atoms with E-state index in [0.717, 1.165) is 0 Å². The first kappa shape index (κ1) is 17.0. The molecule has 1 amide bonds. The van der Waals surface area contributed by atoms with E-state index in [0.29, 0.717) is 22.5 Å². The lowest BCUT2D eigenvalue weighted by Crippen LogP contribution is -2.14. The summed E-state index contributed by atoms with van der Waals surface area (Å²) in [5, 5.41) is 20.0. The molecule has 0 aliphatic heterocycles. The maximum absolute atomic E-state index is 12.5. The number of nitro groups is 1. The smallest absolute Gasteiger partial charge is 0.273 e. The lowest BCUT2D eigenvalue weighted by atomic mass is 10.1. The lowest BCUT2D eigenvalue weighted by Gasteiger charge is -2.09. The maximum Gasteiger partial charge on any atom is 0.273 e. The van der Waals surface area contributed by atoms with E-state index in [1.807, 2.05) is 0 Å². The van der Waals surface area contributed by atoms with Gasteiger partial charge in [0.15, 0.2) is 0 Å². The first-order valence-corrected chi connectivity index (χ1v) is 7.67. The molecule has 8 nitrogen and oxygen atoms in total. The van der Waals surface area contributed by atoms with Crippen LogP contribution in [0.2, 0.25) is 0 Å². The number of rotatable bonds is 4. The molecule has 0 radical (unpaired) electrons. The molecule has 0 saturated heterocycles. The van der Waals surface area contributed by atoms with Gasteiger partial charge in [-0.2, -0.15) is 5.10 Å². The van der Waals surface area contributed by atoms with E-state index in [9.17, 15) is 19.7 Å². The number of carbonyl (C=O) groups excluding carboxylic acids is 1. The third-order valence-corrected chi connectivity index (χ3v) is 3.84. The van der Waals surface area contributed by atoms with Crippen LogP contribution in [0.4, 0.5) is 11.4 Å². The second-order valence-corrected chi connectivity index (χ2v) is 5.55. The summed E-state index contributed by atoms with van der Waals surface area (Å²) in [6.45, 7) is 1.54. The Balaban J connectivity index is 1.88. The van der Waals surface area contributed by atoms with Crippen LogP contribution in [0.1, 0.15) is 15.9 Å². The van der Waals surface area contributed by atoms with Crippen molar-refractivity contribution in [2.45, 2.75) is 6.92 Å². The summed E-state index contributed by atoms with van der Waals surface area (Å²) < 4.78 is 0. The topological polar surface area (TPSA) is 118 Å². The minimum atomic E-state index is -0.519. The molecule has 0 aliphatic rings. The molecule has 0 atom stereocenters. The van der Waals surface area contributed by atoms with Gasteiger partial charge in [0, 0.05) is 34.5 Å². The number of nitrogens with one attached hydrogen (secondary N) is 2. The van der Waals surface area contributed by atoms with Gasteiger partial charge in [0.25, 0.3) is 17.2 Å². The zero-order valence-corrected chi connectivity index (χ0v) is 13.7. The highest BCUT2D eigenvalue weighted by molar-refractivity contribution is 6.06. The number of aromatic amines is 1. The van der Waals surface area contributed by atoms with Crippen molar-refractivity contribution in [2.24, 2.45) is 0 Å². The Hall–Kier alpha value is -3.81. The van der Waals surface area contributed by atoms with Gasteiger partial charge in [0.1, 0.15) is 0 Å². The number of nitro benzene ring substituents is 1. The van der Waals surface area contributed by atoms with Crippen molar-refractivity contribution in [1.82, 2.24) is 10.2 Å². The molecule has 26 heavy (non-hydrogen) atoms. The number of anilines is 1. The summed E-state index contributed by atoms with van der Waals surface area (Å²) in [7, 11) is 0. The standard InChI is InChI=1S/C18H14N4O4/c1-11-14(6-3-7-16(11)22(25)26)18(24)19-13-5-2-4-12(10-13)15-8-9-17(23)21-20-15/h2-10H,1H3,(H,19,24)(H,21,23). The predicted octanol–water partition coefficient (Wildman–Crippen LogP) is 2.91. The number of hydrogen-bond acceptors (Lipinski definition) is 5. The zero-order chi connectivity index (χ0) is 18.7. The zero-order valence-electron chi connectivity index (χ0n) is 13.7. The van der Waals surface area contributed by atoms with Crippen molar-refractivity contribution >= 4 is 17.3 Å². The molecule has 2 aromatic carbocycles. The fourth-order valence-corrected chi connectivity index (χ4v) is 2.53. The molecule has 1 heterocycles. The molecule has 0 saturated carbocycles. The van der Waals surface area contributed by atoms with Crippen molar-refractivity contribution in [1.29, 1.82) is 0 Å². The van der Waals surface area contributed by atoms with Crippen molar-refractivity contribution in [3.8, 4) is 11.3 Å². The normalized spacial score (nSPS) is 10.3. The van der Waals surface area contributed by atoms with Gasteiger partial charge >= 0.3 is 0 Å². The SMILES string of the molecule is Cc1c(C(=O)Nc2cccc(-c3ccc(=O)[nH]n3)c2)cccc1[N+](=O)[O-]. The molecular formula is C18H14N4O4. The fraction of sp³-hybridized carbons (Fsp3) is 0.0556. The van der Waals surface area contributed by atoms with E-state index >= 15 is 0 Å². The van der Waals surface area contributed by atoms with Crippen LogP contribution in [0.5, 0.6) is 0 Å². The molecule has 0 fully saturated rings. The molecule has 0 spiro atoms. The van der Waals surface area contributed by atoms with Crippen molar-refractivity contribution in [2.75, 3.05) is 5.32 Å². The van der Waals surface area contributed by atoms with Crippen LogP contribution in [0, 0.1) is 17.0 Å². The summed E-state index contributed by atoms with van der Waals surface area (Å²) in [6, 6.07) is 14.2. The number of benzene rings is 2. The number of aromatic nitrogens is 2. The summed E-state index contributed by atoms with van der Waals surface area (Å²) in [5.41, 5.74) is 1.87. The number of hydrogen-bond donors (Lipinski definition) is 2. The van der Waals surface area contributed by atoms with Gasteiger partial charge in [-0.05, 0) is 31.2 Å². The predicted molar refractivity (Wildman–Crippen MR) is 96.1 cm³/mol. The largest absolute Gasteiger partial charge is 0.322 e. The summed E-state index contributed by atoms with van der Waals surface area (Å²) in [4.78, 5) is 34.1. The summed E-state index contributed by atoms with van der Waals surface area (Å²) in [6.07, 6.45) is 0. The Kier molecular flexibility index (Phi) is 4.57. The third kappa shape index (κ3) is 3.48. The van der Waals surface area contributed by atoms with Crippen LogP contribution in [0.25, 0.3) is 11.3 Å². The first-order valence-electron chi connectivity index (χ1n) is 7.67.